The van der Waals surface area contributed by atoms with Crippen molar-refractivity contribution in [2.24, 2.45) is 0 Å². The van der Waals surface area contributed by atoms with Crippen LogP contribution in [0.5, 0.6) is 0 Å². The van der Waals surface area contributed by atoms with Gasteiger partial charge >= 0.3 is 0 Å². The molecule has 4 nitrogen and oxygen atoms in total. The number of benzene rings is 2. The van der Waals surface area contributed by atoms with Crippen molar-refractivity contribution in [3.63, 3.8) is 0 Å². The average Bonchev–Trinajstić information content (AvgIpc) is 2.65. The first-order valence-corrected chi connectivity index (χ1v) is 8.21. The average molecular weight is 319 g/mol. The highest BCUT2D eigenvalue weighted by atomic mass is 16.2. The summed E-state index contributed by atoms with van der Waals surface area (Å²) in [4.78, 5) is 23.6. The lowest BCUT2D eigenvalue weighted by Gasteiger charge is -2.23. The first-order chi connectivity index (χ1) is 11.6. The second-order valence-corrected chi connectivity index (χ2v) is 5.95. The van der Waals surface area contributed by atoms with Crippen LogP contribution >= 0.6 is 0 Å². The molecule has 0 bridgehead atoms. The van der Waals surface area contributed by atoms with Crippen molar-refractivity contribution in [1.82, 2.24) is 14.9 Å². The van der Waals surface area contributed by atoms with E-state index in [0.717, 1.165) is 28.6 Å². The lowest BCUT2D eigenvalue weighted by atomic mass is 10.1. The Bertz CT molecular complexity index is 861. The van der Waals surface area contributed by atoms with Gasteiger partial charge in [-0.15, -0.1) is 0 Å². The molecule has 1 amide bonds. The molecule has 122 valence electrons. The molecule has 24 heavy (non-hydrogen) atoms. The molecule has 0 radical (unpaired) electrons. The van der Waals surface area contributed by atoms with E-state index in [9.17, 15) is 4.79 Å². The summed E-state index contributed by atoms with van der Waals surface area (Å²) >= 11 is 0. The summed E-state index contributed by atoms with van der Waals surface area (Å²) in [6.07, 6.45) is 0.890. The number of fused-ring (bicyclic) bond motifs is 1. The van der Waals surface area contributed by atoms with Crippen LogP contribution in [0.25, 0.3) is 22.2 Å². The van der Waals surface area contributed by atoms with Crippen molar-refractivity contribution < 1.29 is 4.79 Å². The number of carbonyl (C=O) groups is 1. The van der Waals surface area contributed by atoms with E-state index in [1.165, 1.54) is 0 Å². The van der Waals surface area contributed by atoms with Crippen LogP contribution < -0.4 is 0 Å². The fourth-order valence-electron chi connectivity index (χ4n) is 2.62. The summed E-state index contributed by atoms with van der Waals surface area (Å²) in [5, 5.41) is 0.950. The Hall–Kier alpha value is -2.75. The van der Waals surface area contributed by atoms with Crippen LogP contribution in [0.15, 0.2) is 54.6 Å². The molecule has 0 aliphatic rings. The van der Waals surface area contributed by atoms with Gasteiger partial charge < -0.3 is 4.90 Å². The number of hydrogen-bond donors (Lipinski definition) is 0. The monoisotopic (exact) mass is 319 g/mol. The predicted molar refractivity (Wildman–Crippen MR) is 96.8 cm³/mol. The maximum absolute atomic E-state index is 12.8. The minimum atomic E-state index is -0.146. The van der Waals surface area contributed by atoms with Gasteiger partial charge in [-0.3, -0.25) is 4.79 Å². The predicted octanol–water partition coefficient (Wildman–Crippen LogP) is 4.17. The van der Waals surface area contributed by atoms with Crippen LogP contribution in [0.2, 0.25) is 0 Å². The van der Waals surface area contributed by atoms with E-state index in [2.05, 4.69) is 16.9 Å². The summed E-state index contributed by atoms with van der Waals surface area (Å²) in [5.41, 5.74) is 2.56. The molecule has 0 fully saturated rings. The minimum Gasteiger partial charge on any atom is -0.336 e. The van der Waals surface area contributed by atoms with Gasteiger partial charge in [-0.05, 0) is 19.4 Å². The Labute approximate surface area is 142 Å². The highest BCUT2D eigenvalue weighted by Crippen LogP contribution is 2.26. The Morgan fingerprint density at radius 3 is 2.42 bits per heavy atom. The zero-order chi connectivity index (χ0) is 17.1. The van der Waals surface area contributed by atoms with E-state index in [-0.39, 0.29) is 17.8 Å². The van der Waals surface area contributed by atoms with Gasteiger partial charge in [0, 0.05) is 24.0 Å². The second kappa shape index (κ2) is 6.79. The molecular formula is C20H21N3O. The molecule has 0 unspecified atom stereocenters. The van der Waals surface area contributed by atoms with Crippen LogP contribution in [0.4, 0.5) is 0 Å². The van der Waals surface area contributed by atoms with E-state index >= 15 is 0 Å². The third-order valence-corrected chi connectivity index (χ3v) is 4.41. The molecular weight excluding hydrogens is 298 g/mol. The van der Waals surface area contributed by atoms with Gasteiger partial charge in [0.25, 0.3) is 5.91 Å². The highest BCUT2D eigenvalue weighted by Gasteiger charge is 2.21. The van der Waals surface area contributed by atoms with Crippen molar-refractivity contribution in [3.05, 3.63) is 60.4 Å². The molecule has 1 heterocycles. The second-order valence-electron chi connectivity index (χ2n) is 5.95. The third kappa shape index (κ3) is 3.00. The molecule has 0 spiro atoms. The van der Waals surface area contributed by atoms with Crippen LogP contribution in [-0.2, 0) is 0 Å². The lowest BCUT2D eigenvalue weighted by Crippen LogP contribution is -2.35. The van der Waals surface area contributed by atoms with Gasteiger partial charge in [-0.2, -0.15) is 0 Å². The fraction of sp³-hybridized carbons (Fsp3) is 0.250. The van der Waals surface area contributed by atoms with E-state index in [1.807, 2.05) is 61.5 Å². The van der Waals surface area contributed by atoms with Gasteiger partial charge in [-0.25, -0.2) is 9.97 Å². The quantitative estimate of drug-likeness (QED) is 0.725. The van der Waals surface area contributed by atoms with Crippen molar-refractivity contribution in [2.75, 3.05) is 7.05 Å². The summed E-state index contributed by atoms with van der Waals surface area (Å²) in [6, 6.07) is 17.9. The fourth-order valence-corrected chi connectivity index (χ4v) is 2.62. The molecule has 0 aliphatic heterocycles. The van der Waals surface area contributed by atoms with Crippen molar-refractivity contribution in [3.8, 4) is 11.3 Å². The van der Waals surface area contributed by atoms with Crippen LogP contribution in [0.1, 0.15) is 30.9 Å². The molecule has 3 aromatic rings. The number of carbonyl (C=O) groups excluding carboxylic acids is 1. The Kier molecular flexibility index (Phi) is 4.56. The van der Waals surface area contributed by atoms with E-state index < -0.39 is 0 Å². The number of amides is 1. The zero-order valence-electron chi connectivity index (χ0n) is 14.2. The van der Waals surface area contributed by atoms with E-state index in [1.54, 1.807) is 11.9 Å². The first kappa shape index (κ1) is 16.1. The van der Waals surface area contributed by atoms with Gasteiger partial charge in [0.1, 0.15) is 0 Å². The standard InChI is InChI=1S/C20H21N3O/c1-4-14(2)23(3)20(24)19-21-17-13-9-8-12-16(17)18(22-19)15-10-6-5-7-11-15/h5-14H,4H2,1-3H3/t14-/m1/s1. The van der Waals surface area contributed by atoms with Gasteiger partial charge in [0.2, 0.25) is 5.82 Å². The summed E-state index contributed by atoms with van der Waals surface area (Å²) in [5.74, 6) is 0.0997. The molecule has 2 aromatic carbocycles. The van der Waals surface area contributed by atoms with Gasteiger partial charge in [-0.1, -0.05) is 55.5 Å². The van der Waals surface area contributed by atoms with Gasteiger partial charge in [0.05, 0.1) is 11.2 Å². The van der Waals surface area contributed by atoms with Crippen molar-refractivity contribution >= 4 is 16.8 Å². The largest absolute Gasteiger partial charge is 0.336 e. The molecule has 0 saturated heterocycles. The summed E-state index contributed by atoms with van der Waals surface area (Å²) in [7, 11) is 1.80. The van der Waals surface area contributed by atoms with Crippen LogP contribution in [0, 0.1) is 0 Å². The number of hydrogen-bond acceptors (Lipinski definition) is 3. The smallest absolute Gasteiger partial charge is 0.291 e. The zero-order valence-corrected chi connectivity index (χ0v) is 14.2. The van der Waals surface area contributed by atoms with E-state index in [0.29, 0.717) is 0 Å². The molecule has 1 atom stereocenters. The molecule has 0 saturated carbocycles. The first-order valence-electron chi connectivity index (χ1n) is 8.21. The Balaban J connectivity index is 2.16. The SMILES string of the molecule is CC[C@@H](C)N(C)C(=O)c1nc(-c2ccccc2)c2ccccc2n1. The molecule has 4 heteroatoms. The summed E-state index contributed by atoms with van der Waals surface area (Å²) in [6.45, 7) is 4.09. The minimum absolute atomic E-state index is 0.146. The Morgan fingerprint density at radius 2 is 1.71 bits per heavy atom. The maximum atomic E-state index is 12.8. The van der Waals surface area contributed by atoms with Gasteiger partial charge in [0.15, 0.2) is 0 Å². The van der Waals surface area contributed by atoms with Crippen LogP contribution in [-0.4, -0.2) is 33.9 Å². The van der Waals surface area contributed by atoms with Crippen molar-refractivity contribution in [1.29, 1.82) is 0 Å². The van der Waals surface area contributed by atoms with E-state index in [4.69, 9.17) is 0 Å². The normalized spacial score (nSPS) is 12.1. The third-order valence-electron chi connectivity index (χ3n) is 4.41. The number of rotatable bonds is 4. The number of aromatic nitrogens is 2. The van der Waals surface area contributed by atoms with Crippen molar-refractivity contribution in [2.45, 2.75) is 26.3 Å². The summed E-state index contributed by atoms with van der Waals surface area (Å²) < 4.78 is 0. The molecule has 0 aliphatic carbocycles. The molecule has 3 rings (SSSR count). The topological polar surface area (TPSA) is 46.1 Å². The number of nitrogens with zero attached hydrogens (tertiary/aromatic N) is 3. The Morgan fingerprint density at radius 1 is 1.04 bits per heavy atom. The number of para-hydroxylation sites is 1. The highest BCUT2D eigenvalue weighted by molar-refractivity contribution is 5.97. The lowest BCUT2D eigenvalue weighted by molar-refractivity contribution is 0.0728. The van der Waals surface area contributed by atoms with Crippen LogP contribution in [0.3, 0.4) is 0 Å². The molecule has 1 aromatic heterocycles. The maximum Gasteiger partial charge on any atom is 0.291 e. The molecule has 0 N–H and O–H groups in total.